The summed E-state index contributed by atoms with van der Waals surface area (Å²) < 4.78 is 35.8. The number of rotatable bonds is 19. The average molecular weight is 527 g/mol. The van der Waals surface area contributed by atoms with Crippen LogP contribution in [0.3, 0.4) is 0 Å². The van der Waals surface area contributed by atoms with Crippen LogP contribution in [0.2, 0.25) is 0 Å². The predicted molar refractivity (Wildman–Crippen MR) is 145 cm³/mol. The Bertz CT molecular complexity index is 940. The molecule has 0 heterocycles. The molecule has 35 heavy (non-hydrogen) atoms. The van der Waals surface area contributed by atoms with Crippen LogP contribution in [0.25, 0.3) is 10.8 Å². The molecule has 192 valence electrons. The van der Waals surface area contributed by atoms with Gasteiger partial charge in [-0.25, -0.2) is 8.42 Å². The van der Waals surface area contributed by atoms with Gasteiger partial charge in [0, 0.05) is 0 Å². The summed E-state index contributed by atoms with van der Waals surface area (Å²) in [5.41, 5.74) is 2.37. The number of unbranched alkanes of at least 4 members (excludes halogenated alkanes) is 14. The molecule has 0 N–H and O–H groups in total. The summed E-state index contributed by atoms with van der Waals surface area (Å²) in [5.74, 6) is 0. The normalized spacial score (nSPS) is 11.6. The van der Waals surface area contributed by atoms with Crippen molar-refractivity contribution < 1.29 is 64.4 Å². The first kappa shape index (κ1) is 33.3. The van der Waals surface area contributed by atoms with Crippen LogP contribution >= 0.6 is 0 Å². The molecule has 3 nitrogen and oxygen atoms in total. The van der Waals surface area contributed by atoms with Gasteiger partial charge in [-0.1, -0.05) is 122 Å². The predicted octanol–water partition coefficient (Wildman–Crippen LogP) is 6.11. The number of fused-ring (bicyclic) bond motifs is 1. The first-order valence-corrected chi connectivity index (χ1v) is 15.4. The van der Waals surface area contributed by atoms with Gasteiger partial charge in [0.15, 0.2) is 0 Å². The van der Waals surface area contributed by atoms with Crippen molar-refractivity contribution in [3.63, 3.8) is 0 Å². The molecular formula is C30H47KO3S. The second-order valence-electron chi connectivity index (χ2n) is 10.0. The van der Waals surface area contributed by atoms with Crippen molar-refractivity contribution in [1.29, 1.82) is 0 Å². The third-order valence-corrected chi connectivity index (χ3v) is 7.88. The maximum absolute atomic E-state index is 11.9. The molecular weight excluding hydrogens is 479 g/mol. The van der Waals surface area contributed by atoms with Crippen molar-refractivity contribution in [1.82, 2.24) is 0 Å². The number of hydrogen-bond donors (Lipinski definition) is 0. The third-order valence-electron chi connectivity index (χ3n) is 6.99. The molecule has 2 aromatic rings. The molecule has 5 heteroatoms. The first-order chi connectivity index (χ1) is 16.5. The largest absolute Gasteiger partial charge is 1.00 e. The van der Waals surface area contributed by atoms with Crippen LogP contribution in [0.5, 0.6) is 0 Å². The van der Waals surface area contributed by atoms with Crippen LogP contribution in [0, 0.1) is 0 Å². The Morgan fingerprint density at radius 2 is 1.11 bits per heavy atom. The van der Waals surface area contributed by atoms with Crippen LogP contribution in [-0.2, 0) is 23.0 Å². The van der Waals surface area contributed by atoms with E-state index in [0.717, 1.165) is 31.1 Å². The second-order valence-corrected chi connectivity index (χ2v) is 11.4. The third kappa shape index (κ3) is 13.0. The van der Waals surface area contributed by atoms with Gasteiger partial charge in [0.05, 0.1) is 4.90 Å². The average Bonchev–Trinajstić information content (AvgIpc) is 2.81. The molecule has 0 aliphatic heterocycles. The molecule has 0 aliphatic carbocycles. The van der Waals surface area contributed by atoms with Crippen LogP contribution in [0.4, 0.5) is 0 Å². The van der Waals surface area contributed by atoms with Crippen LogP contribution in [0.1, 0.15) is 128 Å². The molecule has 2 aromatic carbocycles. The fourth-order valence-electron chi connectivity index (χ4n) is 4.98. The maximum atomic E-state index is 11.9. The fraction of sp³-hybridized carbons (Fsp3) is 0.667. The summed E-state index contributed by atoms with van der Waals surface area (Å²) in [5, 5.41) is 1.55. The zero-order chi connectivity index (χ0) is 24.7. The van der Waals surface area contributed by atoms with Gasteiger partial charge < -0.3 is 4.55 Å². The molecule has 0 atom stereocenters. The van der Waals surface area contributed by atoms with E-state index in [2.05, 4.69) is 19.9 Å². The summed E-state index contributed by atoms with van der Waals surface area (Å²) in [6.45, 7) is 4.49. The Labute approximate surface area is 258 Å². The van der Waals surface area contributed by atoms with Gasteiger partial charge in [-0.2, -0.15) is 0 Å². The Morgan fingerprint density at radius 3 is 1.63 bits per heavy atom. The molecule has 0 radical (unpaired) electrons. The first-order valence-electron chi connectivity index (χ1n) is 14.0. The minimum Gasteiger partial charge on any atom is -0.744 e. The van der Waals surface area contributed by atoms with Crippen molar-refractivity contribution in [3.8, 4) is 0 Å². The van der Waals surface area contributed by atoms with Crippen molar-refractivity contribution in [2.24, 2.45) is 0 Å². The molecule has 0 bridgehead atoms. The minimum atomic E-state index is -4.49. The molecule has 2 rings (SSSR count). The van der Waals surface area contributed by atoms with Gasteiger partial charge in [-0.05, 0) is 59.7 Å². The van der Waals surface area contributed by atoms with Gasteiger partial charge in [0.1, 0.15) is 10.1 Å². The topological polar surface area (TPSA) is 57.2 Å². The van der Waals surface area contributed by atoms with Gasteiger partial charge in [0.25, 0.3) is 0 Å². The standard InChI is InChI=1S/C30H48O3S.K/c1-3-5-7-9-11-13-15-17-20-26-24-27(21-18-16-14-12-10-8-6-4-2)28-22-19-23-30(29(28)25-26)34(31,32)33;/h19,22-25H,3-18,20-21H2,1-2H3,(H,31,32,33);/q;+1/p-1. The fourth-order valence-corrected chi connectivity index (χ4v) is 5.67. The van der Waals surface area contributed by atoms with Crippen LogP contribution < -0.4 is 51.4 Å². The molecule has 0 amide bonds. The van der Waals surface area contributed by atoms with Gasteiger partial charge in [-0.15, -0.1) is 0 Å². The Balaban J connectivity index is 0.00000612. The number of hydrogen-bond acceptors (Lipinski definition) is 3. The van der Waals surface area contributed by atoms with Gasteiger partial charge in [0.2, 0.25) is 0 Å². The Hall–Kier alpha value is 0.246. The quantitative estimate of drug-likeness (QED) is 0.126. The van der Waals surface area contributed by atoms with E-state index in [1.165, 1.54) is 107 Å². The minimum absolute atomic E-state index is 0. The van der Waals surface area contributed by atoms with Crippen molar-refractivity contribution in [3.05, 3.63) is 41.5 Å². The molecule has 0 saturated carbocycles. The number of benzene rings is 2. The Kier molecular flexibility index (Phi) is 18.4. The van der Waals surface area contributed by atoms with Crippen LogP contribution in [-0.4, -0.2) is 13.0 Å². The summed E-state index contributed by atoms with van der Waals surface area (Å²) >= 11 is 0. The zero-order valence-corrected chi connectivity index (χ0v) is 26.7. The zero-order valence-electron chi connectivity index (χ0n) is 22.7. The molecule has 0 spiro atoms. The monoisotopic (exact) mass is 526 g/mol. The summed E-state index contributed by atoms with van der Waals surface area (Å²) in [6.07, 6.45) is 22.2. The molecule has 0 unspecified atom stereocenters. The summed E-state index contributed by atoms with van der Waals surface area (Å²) in [7, 11) is -4.49. The van der Waals surface area contributed by atoms with Gasteiger partial charge in [-0.3, -0.25) is 0 Å². The van der Waals surface area contributed by atoms with E-state index in [9.17, 15) is 13.0 Å². The van der Waals surface area contributed by atoms with E-state index in [1.54, 1.807) is 6.07 Å². The SMILES string of the molecule is CCCCCCCCCCc1cc(CCCCCCCCCC)c2cccc(S(=O)(=O)[O-])c2c1.[K+]. The Morgan fingerprint density at radius 1 is 0.629 bits per heavy atom. The molecule has 0 saturated heterocycles. The van der Waals surface area contributed by atoms with Gasteiger partial charge >= 0.3 is 51.4 Å². The van der Waals surface area contributed by atoms with E-state index in [-0.39, 0.29) is 56.3 Å². The molecule has 0 aliphatic rings. The van der Waals surface area contributed by atoms with E-state index < -0.39 is 10.1 Å². The number of aryl methyl sites for hydroxylation is 2. The van der Waals surface area contributed by atoms with Crippen LogP contribution in [0.15, 0.2) is 35.2 Å². The second kappa shape index (κ2) is 19.3. The summed E-state index contributed by atoms with van der Waals surface area (Å²) in [4.78, 5) is -0.0695. The van der Waals surface area contributed by atoms with Crippen molar-refractivity contribution in [2.45, 2.75) is 134 Å². The summed E-state index contributed by atoms with van der Waals surface area (Å²) in [6, 6.07) is 9.38. The van der Waals surface area contributed by atoms with E-state index in [0.29, 0.717) is 5.39 Å². The van der Waals surface area contributed by atoms with E-state index in [4.69, 9.17) is 0 Å². The van der Waals surface area contributed by atoms with Crippen molar-refractivity contribution >= 4 is 20.9 Å². The smallest absolute Gasteiger partial charge is 0.744 e. The van der Waals surface area contributed by atoms with E-state index >= 15 is 0 Å². The van der Waals surface area contributed by atoms with Crippen molar-refractivity contribution in [2.75, 3.05) is 0 Å². The molecule has 0 fully saturated rings. The van der Waals surface area contributed by atoms with E-state index in [1.807, 2.05) is 12.1 Å². The maximum Gasteiger partial charge on any atom is 1.00 e. The molecule has 0 aromatic heterocycles.